The second kappa shape index (κ2) is 5.36. The van der Waals surface area contributed by atoms with Gasteiger partial charge in [0.15, 0.2) is 5.82 Å². The van der Waals surface area contributed by atoms with Crippen LogP contribution in [0.1, 0.15) is 45.4 Å². The quantitative estimate of drug-likeness (QED) is 0.882. The molecule has 0 radical (unpaired) electrons. The number of nitrogens with zero attached hydrogens (tertiary/aromatic N) is 5. The topological polar surface area (TPSA) is 68.5 Å². The van der Waals surface area contributed by atoms with Crippen LogP contribution in [-0.2, 0) is 12.5 Å². The third-order valence-electron chi connectivity index (χ3n) is 2.86. The molecule has 2 heterocycles. The Morgan fingerprint density at radius 1 is 1.30 bits per heavy atom. The summed E-state index contributed by atoms with van der Waals surface area (Å²) >= 11 is 6.07. The van der Waals surface area contributed by atoms with E-state index in [2.05, 4.69) is 46.3 Å². The van der Waals surface area contributed by atoms with Crippen molar-refractivity contribution in [3.05, 3.63) is 29.2 Å². The third kappa shape index (κ3) is 3.25. The lowest BCUT2D eigenvalue weighted by Gasteiger charge is -2.19. The lowest BCUT2D eigenvalue weighted by molar-refractivity contribution is 0.545. The molecule has 7 heteroatoms. The minimum atomic E-state index is -0.157. The molecule has 20 heavy (non-hydrogen) atoms. The van der Waals surface area contributed by atoms with Crippen LogP contribution in [0.2, 0.25) is 5.15 Å². The van der Waals surface area contributed by atoms with E-state index < -0.39 is 0 Å². The highest BCUT2D eigenvalue weighted by Crippen LogP contribution is 2.24. The van der Waals surface area contributed by atoms with Gasteiger partial charge in [-0.25, -0.2) is 9.97 Å². The molecule has 0 spiro atoms. The Hall–Kier alpha value is -1.69. The summed E-state index contributed by atoms with van der Waals surface area (Å²) < 4.78 is 1.87. The maximum absolute atomic E-state index is 6.07. The minimum Gasteiger partial charge on any atom is -0.360 e. The molecule has 6 nitrogen and oxygen atoms in total. The minimum absolute atomic E-state index is 0.0266. The zero-order valence-electron chi connectivity index (χ0n) is 12.3. The van der Waals surface area contributed by atoms with Gasteiger partial charge in [0.1, 0.15) is 23.1 Å². The van der Waals surface area contributed by atoms with E-state index in [1.165, 1.54) is 0 Å². The summed E-state index contributed by atoms with van der Waals surface area (Å²) in [5, 5.41) is 11.7. The van der Waals surface area contributed by atoms with Crippen LogP contribution >= 0.6 is 11.6 Å². The number of aromatic nitrogens is 5. The fourth-order valence-corrected chi connectivity index (χ4v) is 1.98. The average molecular weight is 295 g/mol. The van der Waals surface area contributed by atoms with Crippen molar-refractivity contribution in [2.24, 2.45) is 7.05 Å². The molecule has 0 aliphatic rings. The van der Waals surface area contributed by atoms with Crippen LogP contribution in [0.5, 0.6) is 0 Å². The predicted molar refractivity (Wildman–Crippen MR) is 78.8 cm³/mol. The fraction of sp³-hybridized carbons (Fsp3) is 0.538. The molecule has 1 unspecified atom stereocenters. The van der Waals surface area contributed by atoms with Gasteiger partial charge in [-0.15, -0.1) is 10.2 Å². The van der Waals surface area contributed by atoms with Gasteiger partial charge in [0, 0.05) is 18.5 Å². The van der Waals surface area contributed by atoms with Crippen molar-refractivity contribution in [3.63, 3.8) is 0 Å². The molecule has 108 valence electrons. The van der Waals surface area contributed by atoms with E-state index in [0.29, 0.717) is 16.8 Å². The van der Waals surface area contributed by atoms with Crippen molar-refractivity contribution < 1.29 is 0 Å². The van der Waals surface area contributed by atoms with Crippen LogP contribution < -0.4 is 5.32 Å². The lowest BCUT2D eigenvalue weighted by Crippen LogP contribution is -2.19. The number of nitrogens with one attached hydrogen (secondary N) is 1. The Labute approximate surface area is 123 Å². The number of aryl methyl sites for hydroxylation is 1. The Kier molecular flexibility index (Phi) is 3.94. The Balaban J connectivity index is 2.26. The Morgan fingerprint density at radius 3 is 2.55 bits per heavy atom. The van der Waals surface area contributed by atoms with E-state index in [0.717, 1.165) is 5.82 Å². The van der Waals surface area contributed by atoms with E-state index in [1.807, 2.05) is 18.5 Å². The van der Waals surface area contributed by atoms with Gasteiger partial charge in [-0.05, 0) is 6.92 Å². The molecule has 0 aromatic carbocycles. The first-order valence-electron chi connectivity index (χ1n) is 6.43. The summed E-state index contributed by atoms with van der Waals surface area (Å²) in [5.41, 5.74) is -0.157. The normalized spacial score (nSPS) is 13.3. The molecule has 0 saturated carbocycles. The molecule has 1 N–H and O–H groups in total. The van der Waals surface area contributed by atoms with Crippen LogP contribution in [0.25, 0.3) is 0 Å². The highest BCUT2D eigenvalue weighted by molar-refractivity contribution is 6.29. The van der Waals surface area contributed by atoms with Gasteiger partial charge in [-0.2, -0.15) is 0 Å². The van der Waals surface area contributed by atoms with Crippen LogP contribution in [-0.4, -0.2) is 24.7 Å². The van der Waals surface area contributed by atoms with Crippen molar-refractivity contribution in [1.29, 1.82) is 0 Å². The van der Waals surface area contributed by atoms with E-state index in [9.17, 15) is 0 Å². The van der Waals surface area contributed by atoms with Crippen LogP contribution in [0.15, 0.2) is 12.4 Å². The molecule has 0 aliphatic carbocycles. The summed E-state index contributed by atoms with van der Waals surface area (Å²) in [4.78, 5) is 8.79. The zero-order chi connectivity index (χ0) is 14.9. The number of hydrogen-bond donors (Lipinski definition) is 1. The van der Waals surface area contributed by atoms with Crippen molar-refractivity contribution in [3.8, 4) is 0 Å². The smallest absolute Gasteiger partial charge is 0.154 e. The average Bonchev–Trinajstić information content (AvgIpc) is 2.73. The third-order valence-corrected chi connectivity index (χ3v) is 3.06. The maximum atomic E-state index is 6.07. The second-order valence-corrected chi connectivity index (χ2v) is 6.20. The van der Waals surface area contributed by atoms with Gasteiger partial charge < -0.3 is 9.88 Å². The van der Waals surface area contributed by atoms with E-state index in [1.54, 1.807) is 12.4 Å². The monoisotopic (exact) mass is 294 g/mol. The van der Waals surface area contributed by atoms with Gasteiger partial charge >= 0.3 is 0 Å². The standard InChI is InChI=1S/C13H19ClN6/c1-8(11-19-15-7-20(11)5)16-10-6-9(14)17-12(18-10)13(2,3)4/h6-8H,1-5H3,(H,16,17,18). The molecule has 0 saturated heterocycles. The molecular formula is C13H19ClN6. The van der Waals surface area contributed by atoms with Crippen molar-refractivity contribution >= 4 is 17.4 Å². The molecule has 0 bridgehead atoms. The first-order chi connectivity index (χ1) is 9.27. The molecule has 2 aromatic heterocycles. The summed E-state index contributed by atoms with van der Waals surface area (Å²) in [6, 6.07) is 1.69. The van der Waals surface area contributed by atoms with Gasteiger partial charge in [0.2, 0.25) is 0 Å². The Bertz CT molecular complexity index is 601. The number of hydrogen-bond acceptors (Lipinski definition) is 5. The fourth-order valence-electron chi connectivity index (χ4n) is 1.80. The molecule has 2 aromatic rings. The first-order valence-corrected chi connectivity index (χ1v) is 6.80. The number of rotatable bonds is 3. The summed E-state index contributed by atoms with van der Waals surface area (Å²) in [7, 11) is 1.90. The van der Waals surface area contributed by atoms with Crippen molar-refractivity contribution in [2.45, 2.75) is 39.2 Å². The zero-order valence-corrected chi connectivity index (χ0v) is 13.1. The maximum Gasteiger partial charge on any atom is 0.154 e. The molecular weight excluding hydrogens is 276 g/mol. The van der Waals surface area contributed by atoms with Gasteiger partial charge in [0.25, 0.3) is 0 Å². The molecule has 1 atom stereocenters. The highest BCUT2D eigenvalue weighted by atomic mass is 35.5. The lowest BCUT2D eigenvalue weighted by atomic mass is 9.96. The summed E-state index contributed by atoms with van der Waals surface area (Å²) in [5.74, 6) is 2.22. The van der Waals surface area contributed by atoms with Crippen molar-refractivity contribution in [2.75, 3.05) is 5.32 Å². The van der Waals surface area contributed by atoms with Crippen molar-refractivity contribution in [1.82, 2.24) is 24.7 Å². The highest BCUT2D eigenvalue weighted by Gasteiger charge is 2.20. The number of halogens is 1. The van der Waals surface area contributed by atoms with E-state index >= 15 is 0 Å². The van der Waals surface area contributed by atoms with Gasteiger partial charge in [0.05, 0.1) is 6.04 Å². The van der Waals surface area contributed by atoms with E-state index in [4.69, 9.17) is 11.6 Å². The van der Waals surface area contributed by atoms with Crippen LogP contribution in [0.3, 0.4) is 0 Å². The molecule has 0 amide bonds. The van der Waals surface area contributed by atoms with Gasteiger partial charge in [-0.3, -0.25) is 0 Å². The Morgan fingerprint density at radius 2 is 2.00 bits per heavy atom. The summed E-state index contributed by atoms with van der Waals surface area (Å²) in [6.07, 6.45) is 1.67. The SMILES string of the molecule is CC(Nc1cc(Cl)nc(C(C)(C)C)n1)c1nncn1C. The first kappa shape index (κ1) is 14.7. The van der Waals surface area contributed by atoms with Crippen LogP contribution in [0.4, 0.5) is 5.82 Å². The molecule has 0 aliphatic heterocycles. The number of anilines is 1. The second-order valence-electron chi connectivity index (χ2n) is 5.82. The molecule has 2 rings (SSSR count). The van der Waals surface area contributed by atoms with E-state index in [-0.39, 0.29) is 11.5 Å². The van der Waals surface area contributed by atoms with Crippen LogP contribution in [0, 0.1) is 0 Å². The largest absolute Gasteiger partial charge is 0.360 e. The molecule has 0 fully saturated rings. The predicted octanol–water partition coefficient (Wildman–Crippen LogP) is 2.73. The summed E-state index contributed by atoms with van der Waals surface area (Å²) in [6.45, 7) is 8.15. The van der Waals surface area contributed by atoms with Gasteiger partial charge in [-0.1, -0.05) is 32.4 Å².